The number of likely N-dealkylation sites (N-methyl/N-ethyl adjacent to an activating group) is 1. The Morgan fingerprint density at radius 3 is 2.54 bits per heavy atom. The van der Waals surface area contributed by atoms with Gasteiger partial charge in [-0.25, -0.2) is 8.78 Å². The zero-order valence-corrected chi connectivity index (χ0v) is 13.7. The van der Waals surface area contributed by atoms with E-state index in [4.69, 9.17) is 11.6 Å². The first-order valence-electron chi connectivity index (χ1n) is 7.53. The summed E-state index contributed by atoms with van der Waals surface area (Å²) in [5, 5.41) is 0. The minimum atomic E-state index is -1.71. The summed E-state index contributed by atoms with van der Waals surface area (Å²) in [4.78, 5) is 15.9. The Morgan fingerprint density at radius 2 is 1.96 bits per heavy atom. The third-order valence-electron chi connectivity index (χ3n) is 4.18. The summed E-state index contributed by atoms with van der Waals surface area (Å²) in [6.45, 7) is 1.92. The maximum absolute atomic E-state index is 14.5. The molecule has 1 aliphatic rings. The molecule has 1 aliphatic heterocycles. The number of halogens is 3. The zero-order valence-electron chi connectivity index (χ0n) is 12.9. The van der Waals surface area contributed by atoms with Crippen molar-refractivity contribution in [2.24, 2.45) is 0 Å². The van der Waals surface area contributed by atoms with Crippen molar-refractivity contribution >= 4 is 17.5 Å². The highest BCUT2D eigenvalue weighted by Crippen LogP contribution is 2.50. The minimum absolute atomic E-state index is 0.206. The number of rotatable bonds is 3. The van der Waals surface area contributed by atoms with Crippen molar-refractivity contribution in [3.63, 3.8) is 0 Å². The Labute approximate surface area is 143 Å². The molecule has 0 fully saturated rings. The van der Waals surface area contributed by atoms with Crippen molar-refractivity contribution in [3.8, 4) is 0 Å². The van der Waals surface area contributed by atoms with Crippen LogP contribution in [0, 0.1) is 11.6 Å². The summed E-state index contributed by atoms with van der Waals surface area (Å²) in [5.74, 6) is -2.62. The van der Waals surface area contributed by atoms with Crippen LogP contribution in [0.1, 0.15) is 24.0 Å². The SMILES string of the molecule is CCN1C(=O)C=CC(c2cccnc2)C1(Cl)c1c(F)cccc1F. The molecule has 3 rings (SSSR count). The Bertz CT molecular complexity index is 777. The van der Waals surface area contributed by atoms with Crippen LogP contribution in [-0.4, -0.2) is 22.3 Å². The maximum atomic E-state index is 14.5. The summed E-state index contributed by atoms with van der Waals surface area (Å²) >= 11 is 6.82. The van der Waals surface area contributed by atoms with Crippen molar-refractivity contribution in [1.29, 1.82) is 0 Å². The van der Waals surface area contributed by atoms with E-state index in [0.717, 1.165) is 12.1 Å². The zero-order chi connectivity index (χ0) is 17.3. The molecule has 2 unspecified atom stereocenters. The molecule has 0 bridgehead atoms. The molecule has 0 saturated heterocycles. The van der Waals surface area contributed by atoms with Gasteiger partial charge in [0, 0.05) is 24.9 Å². The van der Waals surface area contributed by atoms with E-state index in [1.165, 1.54) is 17.0 Å². The summed E-state index contributed by atoms with van der Waals surface area (Å²) in [7, 11) is 0. The van der Waals surface area contributed by atoms with Crippen molar-refractivity contribution in [2.75, 3.05) is 6.54 Å². The van der Waals surface area contributed by atoms with Crippen LogP contribution >= 0.6 is 11.6 Å². The number of alkyl halides is 1. The Kier molecular flexibility index (Phi) is 4.37. The first-order valence-corrected chi connectivity index (χ1v) is 7.91. The fourth-order valence-electron chi connectivity index (χ4n) is 3.13. The Balaban J connectivity index is 2.28. The second-order valence-electron chi connectivity index (χ2n) is 5.48. The summed E-state index contributed by atoms with van der Waals surface area (Å²) in [5.41, 5.74) is 0.331. The lowest BCUT2D eigenvalue weighted by Gasteiger charge is -2.45. The normalized spacial score (nSPS) is 23.6. The van der Waals surface area contributed by atoms with Gasteiger partial charge in [0.05, 0.1) is 5.56 Å². The third-order valence-corrected chi connectivity index (χ3v) is 4.80. The summed E-state index contributed by atoms with van der Waals surface area (Å²) in [6, 6.07) is 7.02. The van der Waals surface area contributed by atoms with Crippen LogP contribution in [0.2, 0.25) is 0 Å². The number of amides is 1. The fourth-order valence-corrected chi connectivity index (χ4v) is 3.71. The molecule has 124 valence electrons. The van der Waals surface area contributed by atoms with E-state index in [9.17, 15) is 13.6 Å². The quantitative estimate of drug-likeness (QED) is 0.621. The van der Waals surface area contributed by atoms with Crippen LogP contribution in [0.4, 0.5) is 8.78 Å². The number of nitrogens with zero attached hydrogens (tertiary/aromatic N) is 2. The van der Waals surface area contributed by atoms with E-state index >= 15 is 0 Å². The van der Waals surface area contributed by atoms with Crippen molar-refractivity contribution in [1.82, 2.24) is 9.88 Å². The lowest BCUT2D eigenvalue weighted by Crippen LogP contribution is -2.51. The van der Waals surface area contributed by atoms with Crippen molar-refractivity contribution in [2.45, 2.75) is 17.8 Å². The molecule has 3 nitrogen and oxygen atoms in total. The lowest BCUT2D eigenvalue weighted by molar-refractivity contribution is -0.131. The average Bonchev–Trinajstić information content (AvgIpc) is 2.56. The molecule has 0 spiro atoms. The smallest absolute Gasteiger partial charge is 0.247 e. The first-order chi connectivity index (χ1) is 11.5. The highest BCUT2D eigenvalue weighted by atomic mass is 35.5. The van der Waals surface area contributed by atoms with E-state index < -0.39 is 28.5 Å². The molecule has 0 saturated carbocycles. The van der Waals surface area contributed by atoms with E-state index in [-0.39, 0.29) is 12.1 Å². The molecule has 2 heterocycles. The highest BCUT2D eigenvalue weighted by Gasteiger charge is 2.50. The molecule has 2 aromatic rings. The predicted molar refractivity (Wildman–Crippen MR) is 87.4 cm³/mol. The van der Waals surface area contributed by atoms with Crippen LogP contribution in [0.15, 0.2) is 54.9 Å². The van der Waals surface area contributed by atoms with Crippen LogP contribution in [-0.2, 0) is 9.79 Å². The van der Waals surface area contributed by atoms with Gasteiger partial charge in [0.25, 0.3) is 0 Å². The monoisotopic (exact) mass is 348 g/mol. The van der Waals surface area contributed by atoms with Gasteiger partial charge in [0.2, 0.25) is 5.91 Å². The van der Waals surface area contributed by atoms with Gasteiger partial charge in [-0.3, -0.25) is 9.78 Å². The van der Waals surface area contributed by atoms with Gasteiger partial charge in [-0.2, -0.15) is 0 Å². The van der Waals surface area contributed by atoms with Gasteiger partial charge < -0.3 is 4.90 Å². The predicted octanol–water partition coefficient (Wildman–Crippen LogP) is 3.95. The van der Waals surface area contributed by atoms with Crippen LogP contribution in [0.25, 0.3) is 0 Å². The first kappa shape index (κ1) is 16.6. The van der Waals surface area contributed by atoms with E-state index in [2.05, 4.69) is 4.98 Å². The molecule has 6 heteroatoms. The number of aromatic nitrogens is 1. The largest absolute Gasteiger partial charge is 0.315 e. The Hall–Kier alpha value is -2.27. The molecule has 0 radical (unpaired) electrons. The number of hydrogen-bond donors (Lipinski definition) is 0. The standard InChI is InChI=1S/C18H15ClF2N2O/c1-2-23-16(24)9-8-13(12-5-4-10-22-11-12)18(23,19)17-14(20)6-3-7-15(17)21/h3-11,13H,2H2,1H3. The highest BCUT2D eigenvalue weighted by molar-refractivity contribution is 6.26. The average molecular weight is 349 g/mol. The second-order valence-corrected chi connectivity index (χ2v) is 6.05. The van der Waals surface area contributed by atoms with E-state index in [1.54, 1.807) is 37.5 Å². The van der Waals surface area contributed by atoms with Gasteiger partial charge in [-0.05, 0) is 36.8 Å². The molecular weight excluding hydrogens is 334 g/mol. The number of benzene rings is 1. The minimum Gasteiger partial charge on any atom is -0.315 e. The van der Waals surface area contributed by atoms with Crippen LogP contribution in [0.5, 0.6) is 0 Å². The fraction of sp³-hybridized carbons (Fsp3) is 0.222. The molecule has 24 heavy (non-hydrogen) atoms. The third kappa shape index (κ3) is 2.49. The molecule has 1 aromatic heterocycles. The number of pyridine rings is 1. The van der Waals surface area contributed by atoms with E-state index in [0.29, 0.717) is 5.56 Å². The number of hydrogen-bond acceptors (Lipinski definition) is 2. The van der Waals surface area contributed by atoms with Gasteiger partial charge in [0.15, 0.2) is 5.00 Å². The molecular formula is C18H15ClF2N2O. The lowest BCUT2D eigenvalue weighted by atomic mass is 9.82. The van der Waals surface area contributed by atoms with Gasteiger partial charge in [-0.1, -0.05) is 29.8 Å². The Morgan fingerprint density at radius 1 is 1.25 bits per heavy atom. The van der Waals surface area contributed by atoms with Crippen molar-refractivity contribution < 1.29 is 13.6 Å². The maximum Gasteiger partial charge on any atom is 0.247 e. The number of carbonyl (C=O) groups excluding carboxylic acids is 1. The van der Waals surface area contributed by atoms with Crippen molar-refractivity contribution in [3.05, 3.63) is 77.6 Å². The molecule has 1 aromatic carbocycles. The van der Waals surface area contributed by atoms with Gasteiger partial charge in [-0.15, -0.1) is 0 Å². The van der Waals surface area contributed by atoms with Gasteiger partial charge in [0.1, 0.15) is 11.6 Å². The van der Waals surface area contributed by atoms with Gasteiger partial charge >= 0.3 is 0 Å². The second kappa shape index (κ2) is 6.32. The molecule has 2 atom stereocenters. The van der Waals surface area contributed by atoms with Crippen LogP contribution in [0.3, 0.4) is 0 Å². The van der Waals surface area contributed by atoms with E-state index in [1.807, 2.05) is 0 Å². The molecule has 1 amide bonds. The van der Waals surface area contributed by atoms with Crippen LogP contribution < -0.4 is 0 Å². The topological polar surface area (TPSA) is 33.2 Å². The number of carbonyl (C=O) groups is 1. The molecule has 0 N–H and O–H groups in total. The summed E-state index contributed by atoms with van der Waals surface area (Å²) < 4.78 is 29.0. The molecule has 0 aliphatic carbocycles. The summed E-state index contributed by atoms with van der Waals surface area (Å²) in [6.07, 6.45) is 6.12.